The zero-order chi connectivity index (χ0) is 15.5. The quantitative estimate of drug-likeness (QED) is 0.862. The van der Waals surface area contributed by atoms with Gasteiger partial charge in [-0.15, -0.1) is 0 Å². The molecular formula is C15H21N3O2S. The highest BCUT2D eigenvalue weighted by Gasteiger charge is 2.12. The van der Waals surface area contributed by atoms with Gasteiger partial charge in [0, 0.05) is 17.9 Å². The van der Waals surface area contributed by atoms with E-state index in [0.29, 0.717) is 6.54 Å². The van der Waals surface area contributed by atoms with Crippen molar-refractivity contribution in [1.82, 2.24) is 9.40 Å². The number of hydrogen-bond donors (Lipinski definition) is 2. The zero-order valence-corrected chi connectivity index (χ0v) is 13.4. The monoisotopic (exact) mass is 307 g/mol. The van der Waals surface area contributed by atoms with E-state index in [1.54, 1.807) is 24.3 Å². The van der Waals surface area contributed by atoms with Crippen LogP contribution in [-0.4, -0.2) is 19.6 Å². The Kier molecular flexibility index (Phi) is 4.69. The molecule has 2 N–H and O–H groups in total. The third kappa shape index (κ3) is 3.65. The largest absolute Gasteiger partial charge is 0.294 e. The minimum Gasteiger partial charge on any atom is -0.294 e. The molecule has 0 atom stereocenters. The van der Waals surface area contributed by atoms with Gasteiger partial charge in [-0.2, -0.15) is 0 Å². The number of aryl methyl sites for hydroxylation is 2. The molecule has 2 rings (SSSR count). The Morgan fingerprint density at radius 3 is 2.10 bits per heavy atom. The van der Waals surface area contributed by atoms with Crippen LogP contribution in [0.25, 0.3) is 0 Å². The Morgan fingerprint density at radius 1 is 1.00 bits per heavy atom. The normalized spacial score (nSPS) is 11.6. The molecule has 0 unspecified atom stereocenters. The van der Waals surface area contributed by atoms with Crippen molar-refractivity contribution in [3.63, 3.8) is 0 Å². The second kappa shape index (κ2) is 6.32. The highest BCUT2D eigenvalue weighted by atomic mass is 32.2. The number of hydrogen-bond acceptors (Lipinski definition) is 3. The lowest BCUT2D eigenvalue weighted by atomic mass is 10.3. The van der Waals surface area contributed by atoms with Gasteiger partial charge in [0.15, 0.2) is 0 Å². The molecule has 0 aliphatic heterocycles. The number of nitrogens with one attached hydrogen (secondary N) is 2. The van der Waals surface area contributed by atoms with Crippen molar-refractivity contribution in [2.24, 2.45) is 0 Å². The first-order valence-electron chi connectivity index (χ1n) is 6.96. The standard InChI is InChI=1S/C15H21N3O2S/c1-4-11-16-21(19,20)15-9-7-14(8-10-15)17-18-12(2)5-6-13(18)3/h5-10,16-17H,4,11H2,1-3H3. The van der Waals surface area contributed by atoms with Gasteiger partial charge in [0.2, 0.25) is 10.0 Å². The van der Waals surface area contributed by atoms with Crippen LogP contribution < -0.4 is 10.1 Å². The molecule has 1 aromatic heterocycles. The first kappa shape index (κ1) is 15.6. The van der Waals surface area contributed by atoms with E-state index >= 15 is 0 Å². The summed E-state index contributed by atoms with van der Waals surface area (Å²) in [5.74, 6) is 0. The summed E-state index contributed by atoms with van der Waals surface area (Å²) in [5.41, 5.74) is 6.27. The second-order valence-electron chi connectivity index (χ2n) is 4.99. The lowest BCUT2D eigenvalue weighted by Gasteiger charge is -2.13. The number of sulfonamides is 1. The Labute approximate surface area is 126 Å². The molecule has 21 heavy (non-hydrogen) atoms. The van der Waals surface area contributed by atoms with Crippen molar-refractivity contribution >= 4 is 15.7 Å². The smallest absolute Gasteiger partial charge is 0.240 e. The SMILES string of the molecule is CCCNS(=O)(=O)c1ccc(Nn2c(C)ccc2C)cc1. The molecule has 5 nitrogen and oxygen atoms in total. The van der Waals surface area contributed by atoms with Crippen molar-refractivity contribution in [3.05, 3.63) is 47.8 Å². The van der Waals surface area contributed by atoms with Gasteiger partial charge >= 0.3 is 0 Å². The number of benzene rings is 1. The molecule has 6 heteroatoms. The lowest BCUT2D eigenvalue weighted by Crippen LogP contribution is -2.24. The second-order valence-corrected chi connectivity index (χ2v) is 6.75. The minimum absolute atomic E-state index is 0.280. The van der Waals surface area contributed by atoms with Gasteiger partial charge in [-0.3, -0.25) is 10.1 Å². The number of anilines is 1. The van der Waals surface area contributed by atoms with E-state index in [-0.39, 0.29) is 4.90 Å². The van der Waals surface area contributed by atoms with E-state index in [1.165, 1.54) is 0 Å². The Morgan fingerprint density at radius 2 is 1.57 bits per heavy atom. The highest BCUT2D eigenvalue weighted by molar-refractivity contribution is 7.89. The molecule has 0 saturated carbocycles. The third-order valence-electron chi connectivity index (χ3n) is 3.22. The van der Waals surface area contributed by atoms with Crippen LogP contribution >= 0.6 is 0 Å². The lowest BCUT2D eigenvalue weighted by molar-refractivity contribution is 0.581. The molecule has 1 aromatic carbocycles. The first-order valence-corrected chi connectivity index (χ1v) is 8.44. The van der Waals surface area contributed by atoms with E-state index in [2.05, 4.69) is 10.1 Å². The third-order valence-corrected chi connectivity index (χ3v) is 4.70. The van der Waals surface area contributed by atoms with Crippen molar-refractivity contribution < 1.29 is 8.42 Å². The summed E-state index contributed by atoms with van der Waals surface area (Å²) in [6.07, 6.45) is 0.769. The Hall–Kier alpha value is -1.79. The predicted molar refractivity (Wildman–Crippen MR) is 84.8 cm³/mol. The van der Waals surface area contributed by atoms with Gasteiger partial charge < -0.3 is 0 Å². The van der Waals surface area contributed by atoms with Gasteiger partial charge in [0.1, 0.15) is 0 Å². The molecule has 0 aliphatic rings. The van der Waals surface area contributed by atoms with Crippen LogP contribution in [0.5, 0.6) is 0 Å². The van der Waals surface area contributed by atoms with E-state index in [0.717, 1.165) is 23.5 Å². The van der Waals surface area contributed by atoms with E-state index < -0.39 is 10.0 Å². The van der Waals surface area contributed by atoms with Gasteiger partial charge in [0.25, 0.3) is 0 Å². The van der Waals surface area contributed by atoms with Crippen LogP contribution in [0.3, 0.4) is 0 Å². The average molecular weight is 307 g/mol. The summed E-state index contributed by atoms with van der Waals surface area (Å²) in [6.45, 7) is 6.39. The van der Waals surface area contributed by atoms with Crippen LogP contribution in [0.4, 0.5) is 5.69 Å². The fourth-order valence-electron chi connectivity index (χ4n) is 2.00. The maximum absolute atomic E-state index is 12.0. The van der Waals surface area contributed by atoms with Gasteiger partial charge in [-0.25, -0.2) is 13.1 Å². The summed E-state index contributed by atoms with van der Waals surface area (Å²) in [7, 11) is -3.40. The molecule has 0 fully saturated rings. The average Bonchev–Trinajstić information content (AvgIpc) is 2.78. The fraction of sp³-hybridized carbons (Fsp3) is 0.333. The number of aromatic nitrogens is 1. The van der Waals surface area contributed by atoms with E-state index in [4.69, 9.17) is 0 Å². The first-order chi connectivity index (χ1) is 9.94. The van der Waals surface area contributed by atoms with E-state index in [1.807, 2.05) is 37.6 Å². The molecule has 114 valence electrons. The molecule has 2 aromatic rings. The van der Waals surface area contributed by atoms with Crippen LogP contribution in [0.15, 0.2) is 41.3 Å². The van der Waals surface area contributed by atoms with Gasteiger partial charge in [0.05, 0.1) is 10.6 Å². The molecule has 0 bridgehead atoms. The predicted octanol–water partition coefficient (Wildman–Crippen LogP) is 2.67. The molecule has 0 spiro atoms. The van der Waals surface area contributed by atoms with Crippen LogP contribution in [0.1, 0.15) is 24.7 Å². The summed E-state index contributed by atoms with van der Waals surface area (Å²) in [5, 5.41) is 0. The Balaban J connectivity index is 2.16. The Bertz CT molecular complexity index is 684. The maximum Gasteiger partial charge on any atom is 0.240 e. The highest BCUT2D eigenvalue weighted by Crippen LogP contribution is 2.16. The van der Waals surface area contributed by atoms with Crippen LogP contribution in [0.2, 0.25) is 0 Å². The molecule has 1 heterocycles. The number of nitrogens with zero attached hydrogens (tertiary/aromatic N) is 1. The summed E-state index contributed by atoms with van der Waals surface area (Å²) in [4.78, 5) is 0.280. The minimum atomic E-state index is -3.40. The van der Waals surface area contributed by atoms with Gasteiger partial charge in [-0.1, -0.05) is 6.92 Å². The van der Waals surface area contributed by atoms with Crippen LogP contribution in [-0.2, 0) is 10.0 Å². The van der Waals surface area contributed by atoms with Crippen molar-refractivity contribution in [2.45, 2.75) is 32.1 Å². The summed E-state index contributed by atoms with van der Waals surface area (Å²) in [6, 6.07) is 10.8. The molecular weight excluding hydrogens is 286 g/mol. The summed E-state index contributed by atoms with van der Waals surface area (Å²) < 4.78 is 28.5. The number of rotatable bonds is 6. The van der Waals surface area contributed by atoms with Gasteiger partial charge in [-0.05, 0) is 56.7 Å². The van der Waals surface area contributed by atoms with Crippen molar-refractivity contribution in [2.75, 3.05) is 12.0 Å². The van der Waals surface area contributed by atoms with Crippen molar-refractivity contribution in [3.8, 4) is 0 Å². The van der Waals surface area contributed by atoms with Crippen LogP contribution in [0, 0.1) is 13.8 Å². The summed E-state index contributed by atoms with van der Waals surface area (Å²) >= 11 is 0. The molecule has 0 amide bonds. The topological polar surface area (TPSA) is 63.1 Å². The van der Waals surface area contributed by atoms with E-state index in [9.17, 15) is 8.42 Å². The zero-order valence-electron chi connectivity index (χ0n) is 12.6. The molecule has 0 aliphatic carbocycles. The maximum atomic E-state index is 12.0. The fourth-order valence-corrected chi connectivity index (χ4v) is 3.14. The molecule has 0 radical (unpaired) electrons. The van der Waals surface area contributed by atoms with Crippen molar-refractivity contribution in [1.29, 1.82) is 0 Å². The molecule has 0 saturated heterocycles.